The van der Waals surface area contributed by atoms with E-state index in [1.54, 1.807) is 30.4 Å². The highest BCUT2D eigenvalue weighted by Gasteiger charge is 2.06. The van der Waals surface area contributed by atoms with Crippen LogP contribution in [0.15, 0.2) is 42.7 Å². The van der Waals surface area contributed by atoms with Crippen LogP contribution in [0.25, 0.3) is 6.08 Å². The van der Waals surface area contributed by atoms with Crippen molar-refractivity contribution in [1.29, 1.82) is 0 Å². The van der Waals surface area contributed by atoms with Gasteiger partial charge in [0.2, 0.25) is 5.91 Å². The monoisotopic (exact) mass is 255 g/mol. The van der Waals surface area contributed by atoms with E-state index in [2.05, 4.69) is 10.2 Å². The van der Waals surface area contributed by atoms with Crippen LogP contribution in [0.2, 0.25) is 0 Å². The van der Waals surface area contributed by atoms with Gasteiger partial charge in [-0.25, -0.2) is 0 Å². The van der Waals surface area contributed by atoms with Gasteiger partial charge in [-0.3, -0.25) is 9.89 Å². The molecule has 4 heteroatoms. The number of hydrogen-bond donors (Lipinski definition) is 1. The van der Waals surface area contributed by atoms with E-state index in [0.29, 0.717) is 6.54 Å². The Morgan fingerprint density at radius 3 is 2.89 bits per heavy atom. The minimum Gasteiger partial charge on any atom is -0.338 e. The molecule has 0 fully saturated rings. The Morgan fingerprint density at radius 2 is 2.21 bits per heavy atom. The smallest absolute Gasteiger partial charge is 0.246 e. The first kappa shape index (κ1) is 13.1. The van der Waals surface area contributed by atoms with Gasteiger partial charge in [-0.05, 0) is 24.1 Å². The van der Waals surface area contributed by atoms with Crippen LogP contribution in [0.1, 0.15) is 16.7 Å². The van der Waals surface area contributed by atoms with Crippen molar-refractivity contribution >= 4 is 12.0 Å². The maximum atomic E-state index is 12.0. The Balaban J connectivity index is 1.99. The number of hydrogen-bond acceptors (Lipinski definition) is 2. The molecular formula is C15H17N3O. The molecule has 0 aliphatic rings. The van der Waals surface area contributed by atoms with E-state index >= 15 is 0 Å². The second kappa shape index (κ2) is 6.00. The zero-order chi connectivity index (χ0) is 13.7. The zero-order valence-corrected chi connectivity index (χ0v) is 11.1. The lowest BCUT2D eigenvalue weighted by Crippen LogP contribution is -2.23. The fourth-order valence-electron chi connectivity index (χ4n) is 1.78. The average Bonchev–Trinajstić information content (AvgIpc) is 2.90. The molecule has 0 spiro atoms. The molecule has 1 amide bonds. The van der Waals surface area contributed by atoms with E-state index in [1.807, 2.05) is 37.3 Å². The summed E-state index contributed by atoms with van der Waals surface area (Å²) < 4.78 is 0. The van der Waals surface area contributed by atoms with Crippen LogP contribution in [0.3, 0.4) is 0 Å². The first-order chi connectivity index (χ1) is 9.16. The maximum absolute atomic E-state index is 12.0. The van der Waals surface area contributed by atoms with Gasteiger partial charge in [0.1, 0.15) is 0 Å². The molecule has 0 radical (unpaired) electrons. The van der Waals surface area contributed by atoms with Gasteiger partial charge in [0.25, 0.3) is 0 Å². The molecule has 1 aromatic heterocycles. The largest absolute Gasteiger partial charge is 0.338 e. The number of H-pyrrole nitrogens is 1. The van der Waals surface area contributed by atoms with Gasteiger partial charge in [-0.1, -0.05) is 24.3 Å². The molecule has 0 saturated carbocycles. The molecule has 98 valence electrons. The molecule has 1 N–H and O–H groups in total. The van der Waals surface area contributed by atoms with Crippen molar-refractivity contribution in [3.63, 3.8) is 0 Å². The van der Waals surface area contributed by atoms with Crippen molar-refractivity contribution < 1.29 is 4.79 Å². The number of carbonyl (C=O) groups excluding carboxylic acids is 1. The third-order valence-corrected chi connectivity index (χ3v) is 2.94. The molecule has 4 nitrogen and oxygen atoms in total. The number of aromatic nitrogens is 2. The first-order valence-corrected chi connectivity index (χ1v) is 6.13. The van der Waals surface area contributed by atoms with E-state index in [4.69, 9.17) is 0 Å². The summed E-state index contributed by atoms with van der Waals surface area (Å²) >= 11 is 0. The number of benzene rings is 1. The summed E-state index contributed by atoms with van der Waals surface area (Å²) in [6.07, 6.45) is 6.95. The van der Waals surface area contributed by atoms with Crippen LogP contribution in [-0.2, 0) is 11.3 Å². The minimum absolute atomic E-state index is 0.0237. The van der Waals surface area contributed by atoms with Crippen LogP contribution >= 0.6 is 0 Å². The Morgan fingerprint density at radius 1 is 1.42 bits per heavy atom. The number of rotatable bonds is 4. The molecule has 0 unspecified atom stereocenters. The molecule has 0 aliphatic carbocycles. The highest BCUT2D eigenvalue weighted by atomic mass is 16.2. The summed E-state index contributed by atoms with van der Waals surface area (Å²) in [6.45, 7) is 2.58. The Hall–Kier alpha value is -2.36. The predicted octanol–water partition coefficient (Wildman–Crippen LogP) is 2.39. The summed E-state index contributed by atoms with van der Waals surface area (Å²) in [5.41, 5.74) is 3.21. The molecule has 19 heavy (non-hydrogen) atoms. The van der Waals surface area contributed by atoms with Crippen LogP contribution in [-0.4, -0.2) is 28.1 Å². The fourth-order valence-corrected chi connectivity index (χ4v) is 1.78. The standard InChI is InChI=1S/C15H17N3O/c1-12-5-3-4-6-14(12)7-8-15(19)18(2)11-13-9-16-17-10-13/h3-10H,11H2,1-2H3,(H,16,17). The lowest BCUT2D eigenvalue weighted by molar-refractivity contribution is -0.125. The third kappa shape index (κ3) is 3.55. The van der Waals surface area contributed by atoms with Crippen molar-refractivity contribution in [2.45, 2.75) is 13.5 Å². The second-order valence-electron chi connectivity index (χ2n) is 4.49. The number of likely N-dealkylation sites (N-methyl/N-ethyl adjacent to an activating group) is 1. The number of nitrogens with one attached hydrogen (secondary N) is 1. The van der Waals surface area contributed by atoms with E-state index in [9.17, 15) is 4.79 Å². The van der Waals surface area contributed by atoms with E-state index in [0.717, 1.165) is 16.7 Å². The number of aromatic amines is 1. The molecule has 2 rings (SSSR count). The Bertz CT molecular complexity index is 573. The molecule has 2 aromatic rings. The fraction of sp³-hybridized carbons (Fsp3) is 0.200. The van der Waals surface area contributed by atoms with Gasteiger partial charge < -0.3 is 4.90 Å². The molecular weight excluding hydrogens is 238 g/mol. The van der Waals surface area contributed by atoms with Crippen LogP contribution in [0.5, 0.6) is 0 Å². The molecule has 0 atom stereocenters. The SMILES string of the molecule is Cc1ccccc1C=CC(=O)N(C)Cc1cn[nH]c1. The first-order valence-electron chi connectivity index (χ1n) is 6.13. The third-order valence-electron chi connectivity index (χ3n) is 2.94. The van der Waals surface area contributed by atoms with Crippen molar-refractivity contribution in [2.24, 2.45) is 0 Å². The quantitative estimate of drug-likeness (QED) is 0.853. The van der Waals surface area contributed by atoms with E-state index in [1.165, 1.54) is 0 Å². The molecule has 1 aromatic carbocycles. The normalized spacial score (nSPS) is 10.8. The van der Waals surface area contributed by atoms with Crippen LogP contribution in [0.4, 0.5) is 0 Å². The van der Waals surface area contributed by atoms with Gasteiger partial charge in [-0.2, -0.15) is 5.10 Å². The van der Waals surface area contributed by atoms with E-state index in [-0.39, 0.29) is 5.91 Å². The van der Waals surface area contributed by atoms with Crippen molar-refractivity contribution in [3.8, 4) is 0 Å². The van der Waals surface area contributed by atoms with Gasteiger partial charge in [0.05, 0.1) is 6.20 Å². The van der Waals surface area contributed by atoms with Crippen molar-refractivity contribution in [3.05, 3.63) is 59.4 Å². The Kier molecular flexibility index (Phi) is 4.13. The number of amides is 1. The Labute approximate surface area is 112 Å². The molecule has 0 saturated heterocycles. The lowest BCUT2D eigenvalue weighted by atomic mass is 10.1. The summed E-state index contributed by atoms with van der Waals surface area (Å²) in [5, 5.41) is 6.59. The number of nitrogens with zero attached hydrogens (tertiary/aromatic N) is 2. The summed E-state index contributed by atoms with van der Waals surface area (Å²) in [7, 11) is 1.78. The minimum atomic E-state index is -0.0237. The molecule has 0 bridgehead atoms. The van der Waals surface area contributed by atoms with E-state index < -0.39 is 0 Å². The van der Waals surface area contributed by atoms with Gasteiger partial charge >= 0.3 is 0 Å². The molecule has 1 heterocycles. The summed E-state index contributed by atoms with van der Waals surface area (Å²) in [5.74, 6) is -0.0237. The van der Waals surface area contributed by atoms with Crippen LogP contribution in [0, 0.1) is 6.92 Å². The highest BCUT2D eigenvalue weighted by Crippen LogP contribution is 2.09. The van der Waals surface area contributed by atoms with Crippen molar-refractivity contribution in [2.75, 3.05) is 7.05 Å². The maximum Gasteiger partial charge on any atom is 0.246 e. The predicted molar refractivity (Wildman–Crippen MR) is 75.3 cm³/mol. The summed E-state index contributed by atoms with van der Waals surface area (Å²) in [6, 6.07) is 7.97. The van der Waals surface area contributed by atoms with Crippen molar-refractivity contribution in [1.82, 2.24) is 15.1 Å². The lowest BCUT2D eigenvalue weighted by Gasteiger charge is -2.13. The zero-order valence-electron chi connectivity index (χ0n) is 11.1. The molecule has 0 aliphatic heterocycles. The topological polar surface area (TPSA) is 49.0 Å². The highest BCUT2D eigenvalue weighted by molar-refractivity contribution is 5.91. The average molecular weight is 255 g/mol. The summed E-state index contributed by atoms with van der Waals surface area (Å²) in [4.78, 5) is 13.6. The number of carbonyl (C=O) groups is 1. The van der Waals surface area contributed by atoms with Gasteiger partial charge in [-0.15, -0.1) is 0 Å². The van der Waals surface area contributed by atoms with Gasteiger partial charge in [0, 0.05) is 31.4 Å². The number of aryl methyl sites for hydroxylation is 1. The second-order valence-corrected chi connectivity index (χ2v) is 4.49. The van der Waals surface area contributed by atoms with Crippen LogP contribution < -0.4 is 0 Å². The van der Waals surface area contributed by atoms with Gasteiger partial charge in [0.15, 0.2) is 0 Å².